The number of ketones is 1. The molecule has 22 nitrogen and oxygen atoms in total. The molecule has 0 fully saturated rings. The number of Topliss-reactive ketones (excluding diaryl/α,β-unsaturated/α-hetero) is 1. The molecule has 0 aliphatic rings. The van der Waals surface area contributed by atoms with Gasteiger partial charge in [0.1, 0.15) is 38.4 Å². The Morgan fingerprint density at radius 3 is 1.32 bits per heavy atom. The van der Waals surface area contributed by atoms with E-state index in [-0.39, 0.29) is 73.9 Å². The van der Waals surface area contributed by atoms with Gasteiger partial charge in [-0.3, -0.25) is 18.5 Å². The minimum absolute atomic E-state index is 0.0320. The highest BCUT2D eigenvalue weighted by molar-refractivity contribution is 7.87. The highest BCUT2D eigenvalue weighted by Gasteiger charge is 2.22. The summed E-state index contributed by atoms with van der Waals surface area (Å²) in [5.41, 5.74) is 7.80. The van der Waals surface area contributed by atoms with Gasteiger partial charge in [0, 0.05) is 46.9 Å². The maximum atomic E-state index is 13.6. The Morgan fingerprint density at radius 2 is 0.863 bits per heavy atom. The second kappa shape index (κ2) is 23.5. The van der Waals surface area contributed by atoms with Crippen molar-refractivity contribution in [3.8, 4) is 11.5 Å². The number of aliphatic hydroxyl groups excluding tert-OH is 2. The molecule has 0 aliphatic heterocycles. The van der Waals surface area contributed by atoms with Gasteiger partial charge in [0.15, 0.2) is 0 Å². The fourth-order valence-electron chi connectivity index (χ4n) is 8.60. The third-order valence-corrected chi connectivity index (χ3v) is 15.5. The lowest BCUT2D eigenvalue weighted by Crippen LogP contribution is -2.09. The number of nitrogens with zero attached hydrogens (tertiary/aromatic N) is 8. The summed E-state index contributed by atoms with van der Waals surface area (Å²) in [5.74, 6) is 0.441. The van der Waals surface area contributed by atoms with E-state index in [1.165, 1.54) is 68.8 Å². The van der Waals surface area contributed by atoms with Gasteiger partial charge in [-0.25, -0.2) is 0 Å². The summed E-state index contributed by atoms with van der Waals surface area (Å²) in [4.78, 5) is 11.9. The monoisotopic (exact) mass is 1140 g/mol. The van der Waals surface area contributed by atoms with Crippen molar-refractivity contribution in [2.24, 2.45) is 40.9 Å². The molecule has 0 saturated heterocycles. The predicted molar refractivity (Wildman–Crippen MR) is 296 cm³/mol. The molecule has 0 amide bonds. The predicted octanol–water partition coefficient (Wildman–Crippen LogP) is 13.0. The van der Waals surface area contributed by atoms with Gasteiger partial charge in [-0.1, -0.05) is 36.4 Å². The van der Waals surface area contributed by atoms with E-state index in [1.807, 2.05) is 52.0 Å². The molecule has 0 radical (unpaired) electrons. The normalized spacial score (nSPS) is 12.5. The van der Waals surface area contributed by atoms with Crippen LogP contribution >= 0.6 is 0 Å². The lowest BCUT2D eigenvalue weighted by Gasteiger charge is -2.12. The Bertz CT molecular complexity index is 4300. The van der Waals surface area contributed by atoms with Crippen LogP contribution in [0.25, 0.3) is 21.5 Å². The van der Waals surface area contributed by atoms with Crippen molar-refractivity contribution in [3.05, 3.63) is 160 Å². The molecule has 0 atom stereocenters. The quantitative estimate of drug-likeness (QED) is 0.0371. The van der Waals surface area contributed by atoms with E-state index in [2.05, 4.69) is 40.9 Å². The minimum atomic E-state index is -4.95. The summed E-state index contributed by atoms with van der Waals surface area (Å²) in [6, 6.07) is 28.4. The molecule has 0 bridgehead atoms. The average Bonchev–Trinajstić information content (AvgIpc) is 3.51. The number of azo groups is 4. The van der Waals surface area contributed by atoms with E-state index in [9.17, 15) is 53.9 Å². The van der Waals surface area contributed by atoms with E-state index in [0.29, 0.717) is 45.3 Å². The molecular formula is C55H50N8O14S3. The van der Waals surface area contributed by atoms with Crippen molar-refractivity contribution in [1.29, 1.82) is 0 Å². The van der Waals surface area contributed by atoms with Crippen LogP contribution in [0, 0.1) is 27.7 Å². The van der Waals surface area contributed by atoms with E-state index in [4.69, 9.17) is 9.47 Å². The largest absolute Gasteiger partial charge is 0.494 e. The van der Waals surface area contributed by atoms with Gasteiger partial charge in [0.25, 0.3) is 30.4 Å². The van der Waals surface area contributed by atoms with Crippen LogP contribution in [0.1, 0.15) is 44.5 Å². The van der Waals surface area contributed by atoms with Crippen molar-refractivity contribution < 1.29 is 63.4 Å². The summed E-state index contributed by atoms with van der Waals surface area (Å²) in [7, 11) is -11.4. The van der Waals surface area contributed by atoms with Gasteiger partial charge >= 0.3 is 0 Å². The molecule has 0 heterocycles. The van der Waals surface area contributed by atoms with Gasteiger partial charge in [-0.05, 0) is 139 Å². The molecule has 0 saturated carbocycles. The van der Waals surface area contributed by atoms with Crippen molar-refractivity contribution in [3.63, 3.8) is 0 Å². The Morgan fingerprint density at radius 1 is 0.425 bits per heavy atom. The third kappa shape index (κ3) is 13.2. The Hall–Kier alpha value is -8.40. The number of aliphatic hydroxyl groups is 2. The first kappa shape index (κ1) is 57.8. The van der Waals surface area contributed by atoms with E-state index in [0.717, 1.165) is 39.4 Å². The maximum Gasteiger partial charge on any atom is 0.295 e. The van der Waals surface area contributed by atoms with Gasteiger partial charge in [-0.2, -0.15) is 55.9 Å². The van der Waals surface area contributed by atoms with Gasteiger partial charge in [-0.15, -0.1) is 10.2 Å². The molecule has 8 aromatic rings. The van der Waals surface area contributed by atoms with Crippen LogP contribution in [0.4, 0.5) is 45.5 Å². The van der Waals surface area contributed by atoms with Gasteiger partial charge in [0.2, 0.25) is 0 Å². The molecule has 0 spiro atoms. The van der Waals surface area contributed by atoms with Crippen LogP contribution in [-0.4, -0.2) is 69.1 Å². The third-order valence-electron chi connectivity index (χ3n) is 12.8. The Balaban J connectivity index is 0.940. The highest BCUT2D eigenvalue weighted by Crippen LogP contribution is 2.41. The molecular weight excluding hydrogens is 1090 g/mol. The SMILES string of the molecule is COc1cc(N=Nc2cc(C)c(CC(=O)Cc3cc(C)c(N=Nc4cc(CO)c(N=Nc5ccc6cccc(S(=O)(=O)O)c6c5)cc4OC)cc3C)cc2C)c(CO)cc1N=Nc1ccc2cc(S(=O)(=O)O)cc(S(=O)(=O)O)c2c1. The molecule has 0 aliphatic carbocycles. The summed E-state index contributed by atoms with van der Waals surface area (Å²) in [6.07, 6.45) is 0.287. The number of benzene rings is 8. The van der Waals surface area contributed by atoms with Gasteiger partial charge in [0.05, 0.1) is 66.5 Å². The van der Waals surface area contributed by atoms with Crippen LogP contribution in [-0.2, 0) is 61.2 Å². The molecule has 80 heavy (non-hydrogen) atoms. The fourth-order valence-corrected chi connectivity index (χ4v) is 10.7. The summed E-state index contributed by atoms with van der Waals surface area (Å²) in [6.45, 7) is 6.52. The Kier molecular flexibility index (Phi) is 17.0. The maximum absolute atomic E-state index is 13.6. The second-order valence-electron chi connectivity index (χ2n) is 18.4. The van der Waals surface area contributed by atoms with Crippen LogP contribution in [0.5, 0.6) is 11.5 Å². The molecule has 5 N–H and O–H groups in total. The number of hydrogen-bond acceptors (Lipinski definition) is 19. The van der Waals surface area contributed by atoms with E-state index >= 15 is 0 Å². The number of carbonyl (C=O) groups is 1. The highest BCUT2D eigenvalue weighted by atomic mass is 32.2. The zero-order valence-electron chi connectivity index (χ0n) is 43.5. The van der Waals surface area contributed by atoms with E-state index in [1.54, 1.807) is 24.3 Å². The Labute approximate surface area is 459 Å². The van der Waals surface area contributed by atoms with Gasteiger partial charge < -0.3 is 19.7 Å². The lowest BCUT2D eigenvalue weighted by molar-refractivity contribution is -0.117. The smallest absolute Gasteiger partial charge is 0.295 e. The number of fused-ring (bicyclic) bond motifs is 2. The summed E-state index contributed by atoms with van der Waals surface area (Å²) in [5, 5.41) is 56.1. The first-order valence-corrected chi connectivity index (χ1v) is 28.2. The van der Waals surface area contributed by atoms with Crippen LogP contribution in [0.2, 0.25) is 0 Å². The number of carbonyl (C=O) groups excluding carboxylic acids is 1. The molecule has 412 valence electrons. The van der Waals surface area contributed by atoms with Crippen molar-refractivity contribution in [2.75, 3.05) is 14.2 Å². The average molecular weight is 1140 g/mol. The van der Waals surface area contributed by atoms with Crippen LogP contribution in [0.3, 0.4) is 0 Å². The fraction of sp³-hybridized carbons (Fsp3) is 0.182. The number of ether oxygens (including phenoxy) is 2. The number of hydrogen-bond donors (Lipinski definition) is 5. The minimum Gasteiger partial charge on any atom is -0.494 e. The summed E-state index contributed by atoms with van der Waals surface area (Å²) >= 11 is 0. The van der Waals surface area contributed by atoms with Crippen LogP contribution < -0.4 is 9.47 Å². The zero-order chi connectivity index (χ0) is 57.8. The van der Waals surface area contributed by atoms with Crippen LogP contribution in [0.15, 0.2) is 171 Å². The van der Waals surface area contributed by atoms with Crippen molar-refractivity contribution >= 4 is 103 Å². The number of rotatable bonds is 19. The molecule has 8 rings (SSSR count). The number of aryl methyl sites for hydroxylation is 4. The standard InChI is InChI=1S/C55H50N8O14S3/c1-30-16-46(58-61-49-27-52(76-5)50(21-39(49)29-65)62-57-41-13-11-35-20-43(78(67,68)69)25-55(45(35)24-41)80(73,74)75)32(3)14-36(30)18-42(66)19-37-15-33(4)47(17-31(37)2)59-63-51-22-38(28-64)48(26-53(51)77-6)60-56-40-12-10-34-8-7-9-54(44(34)23-40)79(70,71)72/h7-17,20-27,64-65H,18-19,28-29H2,1-6H3,(H,67,68,69)(H,70,71,72)(H,73,74,75). The van der Waals surface area contributed by atoms with E-state index < -0.39 is 53.4 Å². The van der Waals surface area contributed by atoms with Crippen molar-refractivity contribution in [2.45, 2.75) is 68.4 Å². The lowest BCUT2D eigenvalue weighted by atomic mass is 9.94. The summed E-state index contributed by atoms with van der Waals surface area (Å²) < 4.78 is 112. The topological polar surface area (TPSA) is 338 Å². The van der Waals surface area contributed by atoms with Crippen molar-refractivity contribution in [1.82, 2.24) is 0 Å². The molecule has 25 heteroatoms. The second-order valence-corrected chi connectivity index (χ2v) is 22.6. The number of methoxy groups -OCH3 is 2. The molecule has 0 aromatic heterocycles. The molecule has 0 unspecified atom stereocenters. The first-order valence-electron chi connectivity index (χ1n) is 23.9. The molecule has 8 aromatic carbocycles. The zero-order valence-corrected chi connectivity index (χ0v) is 46.0. The first-order chi connectivity index (χ1) is 37.9.